The number of aliphatic hydroxyl groups is 1. The molecule has 6 atom stereocenters. The second-order valence-corrected chi connectivity index (χ2v) is 10.4. The Morgan fingerprint density at radius 2 is 2.00 bits per heavy atom. The summed E-state index contributed by atoms with van der Waals surface area (Å²) in [7, 11) is 3.61. The van der Waals surface area contributed by atoms with E-state index in [4.69, 9.17) is 14.2 Å². The second-order valence-electron chi connectivity index (χ2n) is 10.4. The van der Waals surface area contributed by atoms with E-state index in [2.05, 4.69) is 34.9 Å². The first kappa shape index (κ1) is 24.1. The van der Waals surface area contributed by atoms with Crippen LogP contribution in [0.1, 0.15) is 45.6 Å². The standard InChI is InChI=1S/C27H36N2O6/c1-6-21(31)34-16-27(32)23-26(19-10-9-18(33-5)15-20(19)28(23)4)12-14-29-13-8-11-25(7-2,22(26)29)24(27)35-17(3)30/h8-11,15,22-24,32H,6-7,12-14,16H2,1-5H3/t22?,23-,24-,25-,26-,27?/m1/s1. The van der Waals surface area contributed by atoms with E-state index in [1.54, 1.807) is 14.0 Å². The van der Waals surface area contributed by atoms with Crippen molar-refractivity contribution in [1.29, 1.82) is 0 Å². The molecule has 3 heterocycles. The van der Waals surface area contributed by atoms with E-state index in [-0.39, 0.29) is 19.1 Å². The summed E-state index contributed by atoms with van der Waals surface area (Å²) in [5.74, 6) is -0.115. The number of carbonyl (C=O) groups is 2. The molecule has 190 valence electrons. The Morgan fingerprint density at radius 1 is 1.23 bits per heavy atom. The lowest BCUT2D eigenvalue weighted by atomic mass is 9.48. The van der Waals surface area contributed by atoms with E-state index in [0.717, 1.165) is 36.5 Å². The molecule has 1 saturated carbocycles. The third kappa shape index (κ3) is 3.05. The molecule has 35 heavy (non-hydrogen) atoms. The third-order valence-corrected chi connectivity index (χ3v) is 8.97. The van der Waals surface area contributed by atoms with Gasteiger partial charge in [-0.25, -0.2) is 0 Å². The Hall–Kier alpha value is -2.58. The van der Waals surface area contributed by atoms with E-state index in [1.807, 2.05) is 19.2 Å². The molecule has 2 fully saturated rings. The second kappa shape index (κ2) is 8.23. The van der Waals surface area contributed by atoms with E-state index >= 15 is 0 Å². The van der Waals surface area contributed by atoms with Crippen molar-refractivity contribution in [2.24, 2.45) is 5.41 Å². The van der Waals surface area contributed by atoms with Gasteiger partial charge in [0.15, 0.2) is 5.60 Å². The minimum absolute atomic E-state index is 0.0126. The molecule has 1 aliphatic carbocycles. The Labute approximate surface area is 206 Å². The largest absolute Gasteiger partial charge is 0.497 e. The van der Waals surface area contributed by atoms with Gasteiger partial charge in [-0.3, -0.25) is 14.5 Å². The molecule has 1 saturated heterocycles. The normalized spacial score (nSPS) is 36.9. The maximum Gasteiger partial charge on any atom is 0.305 e. The summed E-state index contributed by atoms with van der Waals surface area (Å²) in [6.07, 6.45) is 5.09. The van der Waals surface area contributed by atoms with Crippen LogP contribution in [0.15, 0.2) is 30.4 Å². The zero-order valence-corrected chi connectivity index (χ0v) is 21.2. The fourth-order valence-electron chi connectivity index (χ4n) is 7.91. The molecule has 0 radical (unpaired) electrons. The van der Waals surface area contributed by atoms with Crippen molar-refractivity contribution in [1.82, 2.24) is 4.90 Å². The number of ether oxygens (including phenoxy) is 3. The molecule has 1 aromatic carbocycles. The van der Waals surface area contributed by atoms with Crippen LogP contribution in [-0.4, -0.2) is 79.6 Å². The Kier molecular flexibility index (Phi) is 5.68. The third-order valence-electron chi connectivity index (χ3n) is 8.97. The van der Waals surface area contributed by atoms with Gasteiger partial charge >= 0.3 is 11.9 Å². The topological polar surface area (TPSA) is 88.5 Å². The fraction of sp³-hybridized carbons (Fsp3) is 0.630. The van der Waals surface area contributed by atoms with Gasteiger partial charge in [0.05, 0.1) is 13.2 Å². The summed E-state index contributed by atoms with van der Waals surface area (Å²) in [6.45, 7) is 6.62. The summed E-state index contributed by atoms with van der Waals surface area (Å²) in [5, 5.41) is 12.7. The van der Waals surface area contributed by atoms with Crippen molar-refractivity contribution in [3.63, 3.8) is 0 Å². The Morgan fingerprint density at radius 3 is 2.66 bits per heavy atom. The number of rotatable bonds is 6. The lowest BCUT2D eigenvalue weighted by Gasteiger charge is -2.64. The number of benzene rings is 1. The number of carbonyl (C=O) groups excluding carboxylic acids is 2. The van der Waals surface area contributed by atoms with Gasteiger partial charge in [-0.1, -0.05) is 32.1 Å². The zero-order chi connectivity index (χ0) is 25.2. The molecule has 1 N–H and O–H groups in total. The average Bonchev–Trinajstić information content (AvgIpc) is 3.36. The van der Waals surface area contributed by atoms with Crippen molar-refractivity contribution in [2.45, 2.75) is 69.2 Å². The van der Waals surface area contributed by atoms with Crippen LogP contribution in [0.2, 0.25) is 0 Å². The van der Waals surface area contributed by atoms with E-state index < -0.39 is 40.5 Å². The zero-order valence-electron chi connectivity index (χ0n) is 21.2. The van der Waals surface area contributed by atoms with Crippen LogP contribution in [0.25, 0.3) is 0 Å². The SMILES string of the molecule is CCC(=O)OCC1(O)[C@H](OC(C)=O)[C@]2(CC)C=CCN3CC[C@@]4(c5ccc(OC)cc5N(C)[C@@H]14)C32. The monoisotopic (exact) mass is 484 g/mol. The lowest BCUT2D eigenvalue weighted by Crippen LogP contribution is -2.80. The van der Waals surface area contributed by atoms with Crippen LogP contribution in [0.5, 0.6) is 5.75 Å². The number of fused-ring (bicyclic) bond motifs is 1. The number of nitrogens with zero attached hydrogens (tertiary/aromatic N) is 2. The molecule has 3 aliphatic heterocycles. The smallest absolute Gasteiger partial charge is 0.305 e. The average molecular weight is 485 g/mol. The van der Waals surface area contributed by atoms with Crippen LogP contribution in [0.3, 0.4) is 0 Å². The molecule has 1 aromatic rings. The molecule has 2 unspecified atom stereocenters. The highest BCUT2D eigenvalue weighted by Gasteiger charge is 2.78. The number of anilines is 1. The first-order chi connectivity index (χ1) is 16.7. The van der Waals surface area contributed by atoms with Gasteiger partial charge in [-0.05, 0) is 31.0 Å². The quantitative estimate of drug-likeness (QED) is 0.487. The molecule has 4 aliphatic rings. The van der Waals surface area contributed by atoms with Crippen LogP contribution >= 0.6 is 0 Å². The maximum absolute atomic E-state index is 12.7. The molecule has 0 aromatic heterocycles. The lowest BCUT2D eigenvalue weighted by molar-refractivity contribution is -0.232. The number of esters is 2. The summed E-state index contributed by atoms with van der Waals surface area (Å²) >= 11 is 0. The fourth-order valence-corrected chi connectivity index (χ4v) is 7.91. The molecule has 0 amide bonds. The highest BCUT2D eigenvalue weighted by atomic mass is 16.6. The van der Waals surface area contributed by atoms with E-state index in [0.29, 0.717) is 6.42 Å². The van der Waals surface area contributed by atoms with Gasteiger partial charge in [0.2, 0.25) is 0 Å². The van der Waals surface area contributed by atoms with Gasteiger partial charge in [-0.15, -0.1) is 0 Å². The predicted molar refractivity (Wildman–Crippen MR) is 130 cm³/mol. The van der Waals surface area contributed by atoms with Gasteiger partial charge in [0, 0.05) is 55.6 Å². The van der Waals surface area contributed by atoms with Crippen LogP contribution in [0, 0.1) is 5.41 Å². The molecular formula is C27H36N2O6. The van der Waals surface area contributed by atoms with Crippen molar-refractivity contribution < 1.29 is 28.9 Å². The number of hydrogen-bond acceptors (Lipinski definition) is 8. The Bertz CT molecular complexity index is 1070. The molecule has 5 rings (SSSR count). The van der Waals surface area contributed by atoms with Gasteiger partial charge in [0.1, 0.15) is 18.5 Å². The van der Waals surface area contributed by atoms with Crippen molar-refractivity contribution >= 4 is 17.6 Å². The van der Waals surface area contributed by atoms with Crippen molar-refractivity contribution in [3.8, 4) is 5.75 Å². The summed E-state index contributed by atoms with van der Waals surface area (Å²) < 4.78 is 17.2. The first-order valence-electron chi connectivity index (χ1n) is 12.6. The first-order valence-corrected chi connectivity index (χ1v) is 12.6. The maximum atomic E-state index is 12.7. The van der Waals surface area contributed by atoms with Crippen molar-refractivity contribution in [2.75, 3.05) is 38.8 Å². The number of hydrogen-bond donors (Lipinski definition) is 1. The van der Waals surface area contributed by atoms with Crippen LogP contribution < -0.4 is 9.64 Å². The molecule has 8 heteroatoms. The molecule has 0 bridgehead atoms. The number of methoxy groups -OCH3 is 1. The molecule has 8 nitrogen and oxygen atoms in total. The van der Waals surface area contributed by atoms with E-state index in [9.17, 15) is 14.7 Å². The summed E-state index contributed by atoms with van der Waals surface area (Å²) in [4.78, 5) is 29.3. The highest BCUT2D eigenvalue weighted by Crippen LogP contribution is 2.67. The van der Waals surface area contributed by atoms with Crippen molar-refractivity contribution in [3.05, 3.63) is 35.9 Å². The predicted octanol–water partition coefficient (Wildman–Crippen LogP) is 2.42. The highest BCUT2D eigenvalue weighted by molar-refractivity contribution is 5.72. The molecular weight excluding hydrogens is 448 g/mol. The van der Waals surface area contributed by atoms with Gasteiger partial charge in [0.25, 0.3) is 0 Å². The van der Waals surface area contributed by atoms with Gasteiger partial charge < -0.3 is 24.2 Å². The van der Waals surface area contributed by atoms with Crippen LogP contribution in [0.4, 0.5) is 5.69 Å². The minimum atomic E-state index is -1.64. The van der Waals surface area contributed by atoms with Crippen LogP contribution in [-0.2, 0) is 24.5 Å². The van der Waals surface area contributed by atoms with E-state index in [1.165, 1.54) is 6.92 Å². The summed E-state index contributed by atoms with van der Waals surface area (Å²) in [6, 6.07) is 5.66. The van der Waals surface area contributed by atoms with Gasteiger partial charge in [-0.2, -0.15) is 0 Å². The summed E-state index contributed by atoms with van der Waals surface area (Å²) in [5.41, 5.74) is -0.581. The number of likely N-dealkylation sites (N-methyl/N-ethyl adjacent to an activating group) is 1. The molecule has 1 spiro atoms. The Balaban J connectivity index is 1.79. The minimum Gasteiger partial charge on any atom is -0.497 e.